The zero-order chi connectivity index (χ0) is 11.6. The van der Waals surface area contributed by atoms with Gasteiger partial charge in [-0.25, -0.2) is 0 Å². The Bertz CT molecular complexity index is 171. The van der Waals surface area contributed by atoms with Crippen molar-refractivity contribution < 1.29 is 19.3 Å². The highest BCUT2D eigenvalue weighted by Crippen LogP contribution is 1.90. The highest BCUT2D eigenvalue weighted by Gasteiger charge is 2.04. The third-order valence-electron chi connectivity index (χ3n) is 0.887. The zero-order valence-electron chi connectivity index (χ0n) is 7.93. The van der Waals surface area contributed by atoms with Crippen molar-refractivity contribution in [2.45, 2.75) is 6.29 Å². The number of aliphatic hydroxyl groups excluding tert-OH is 1. The van der Waals surface area contributed by atoms with Crippen molar-refractivity contribution >= 4 is 34.8 Å². The first-order chi connectivity index (χ1) is 6.43. The van der Waals surface area contributed by atoms with Crippen molar-refractivity contribution in [1.29, 1.82) is 0 Å². The Hall–Kier alpha value is -0.700. The highest BCUT2D eigenvalue weighted by molar-refractivity contribution is 7.80. The van der Waals surface area contributed by atoms with Crippen molar-refractivity contribution in [2.24, 2.45) is 11.5 Å². The molecule has 0 rings (SSSR count). The molecule has 0 atom stereocenters. The summed E-state index contributed by atoms with van der Waals surface area (Å²) in [4.78, 5) is 0. The number of methoxy groups -OCH3 is 2. The first kappa shape index (κ1) is 15.8. The molecule has 0 aromatic carbocycles. The van der Waals surface area contributed by atoms with Gasteiger partial charge in [0.1, 0.15) is 6.61 Å². The van der Waals surface area contributed by atoms with Gasteiger partial charge in [-0.2, -0.15) is 0 Å². The van der Waals surface area contributed by atoms with E-state index in [2.05, 4.69) is 30.2 Å². The van der Waals surface area contributed by atoms with Crippen LogP contribution < -0.4 is 11.5 Å². The molecule has 0 unspecified atom stereocenters. The molecule has 0 heterocycles. The van der Waals surface area contributed by atoms with Crippen molar-refractivity contribution in [3.63, 3.8) is 0 Å². The minimum atomic E-state index is -0.500. The predicted molar refractivity (Wildman–Crippen MR) is 60.0 cm³/mol. The van der Waals surface area contributed by atoms with Gasteiger partial charge in [0.25, 0.3) is 10.3 Å². The summed E-state index contributed by atoms with van der Waals surface area (Å²) < 4.78 is 14.3. The van der Waals surface area contributed by atoms with Crippen molar-refractivity contribution in [3.05, 3.63) is 0 Å². The van der Waals surface area contributed by atoms with Gasteiger partial charge in [-0.3, -0.25) is 0 Å². The second kappa shape index (κ2) is 10.4. The molecule has 5 N–H and O–H groups in total. The molecule has 0 amide bonds. The third kappa shape index (κ3) is 17.4. The summed E-state index contributed by atoms with van der Waals surface area (Å²) in [6.07, 6.45) is -0.401. The standard InChI is InChI=1S/C5H11NO3S.CH3NOS/c1-7-4(8-2)3-9-5(6)10;2-1(3)4/h4H,3H2,1-2H3,(H2,6,10);(H3,2,3,4). The monoisotopic (exact) mass is 242 g/mol. The number of thiocarbonyl (C=S) groups is 2. The van der Waals surface area contributed by atoms with Gasteiger partial charge in [0.05, 0.1) is 0 Å². The molecule has 0 aromatic rings. The van der Waals surface area contributed by atoms with E-state index in [1.807, 2.05) is 0 Å². The van der Waals surface area contributed by atoms with E-state index in [-0.39, 0.29) is 11.8 Å². The third-order valence-corrected chi connectivity index (χ3v) is 1.01. The number of nitrogens with two attached hydrogens (primary N) is 2. The van der Waals surface area contributed by atoms with Crippen LogP contribution in [-0.2, 0) is 14.2 Å². The Balaban J connectivity index is 0. The second-order valence-corrected chi connectivity index (χ2v) is 2.69. The van der Waals surface area contributed by atoms with E-state index in [4.69, 9.17) is 25.1 Å². The van der Waals surface area contributed by atoms with Crippen LogP contribution in [0.25, 0.3) is 0 Å². The van der Waals surface area contributed by atoms with Crippen LogP contribution in [0.2, 0.25) is 0 Å². The van der Waals surface area contributed by atoms with E-state index in [1.54, 1.807) is 0 Å². The summed E-state index contributed by atoms with van der Waals surface area (Å²) in [6.45, 7) is 0.225. The molecule has 0 spiro atoms. The SMILES string of the molecule is COC(COC(N)=S)OC.NC(O)=S. The molecular weight excluding hydrogens is 228 g/mol. The van der Waals surface area contributed by atoms with E-state index < -0.39 is 11.5 Å². The molecule has 8 heteroatoms. The lowest BCUT2D eigenvalue weighted by Gasteiger charge is -2.12. The molecule has 0 aromatic heterocycles. The van der Waals surface area contributed by atoms with E-state index in [0.717, 1.165) is 0 Å². The fourth-order valence-corrected chi connectivity index (χ4v) is 0.451. The van der Waals surface area contributed by atoms with Crippen LogP contribution in [0.4, 0.5) is 0 Å². The first-order valence-corrected chi connectivity index (χ1v) is 4.21. The van der Waals surface area contributed by atoms with Gasteiger partial charge in [-0.15, -0.1) is 0 Å². The average molecular weight is 242 g/mol. The smallest absolute Gasteiger partial charge is 0.254 e. The molecule has 0 bridgehead atoms. The van der Waals surface area contributed by atoms with E-state index in [9.17, 15) is 0 Å². The number of hydrogen-bond acceptors (Lipinski definition) is 5. The summed E-state index contributed by atoms with van der Waals surface area (Å²) in [5.74, 6) is 0. The maximum absolute atomic E-state index is 7.56. The summed E-state index contributed by atoms with van der Waals surface area (Å²) >= 11 is 8.32. The van der Waals surface area contributed by atoms with Gasteiger partial charge in [0, 0.05) is 14.2 Å². The minimum Gasteiger partial charge on any atom is -0.487 e. The number of hydrogen-bond donors (Lipinski definition) is 3. The zero-order valence-corrected chi connectivity index (χ0v) is 9.56. The molecule has 0 radical (unpaired) electrons. The van der Waals surface area contributed by atoms with E-state index in [1.165, 1.54) is 14.2 Å². The molecule has 0 saturated carbocycles. The molecule has 0 aliphatic heterocycles. The van der Waals surface area contributed by atoms with Gasteiger partial charge in [0.2, 0.25) is 0 Å². The lowest BCUT2D eigenvalue weighted by atomic mass is 10.7. The quantitative estimate of drug-likeness (QED) is 0.454. The Morgan fingerprint density at radius 3 is 1.86 bits per heavy atom. The van der Waals surface area contributed by atoms with Gasteiger partial charge >= 0.3 is 0 Å². The van der Waals surface area contributed by atoms with Crippen LogP contribution in [-0.4, -0.2) is 42.6 Å². The molecule has 0 fully saturated rings. The molecule has 6 nitrogen and oxygen atoms in total. The van der Waals surface area contributed by atoms with Gasteiger partial charge in [0.15, 0.2) is 6.29 Å². The number of rotatable bonds is 4. The summed E-state index contributed by atoms with van der Waals surface area (Å²) in [5, 5.41) is 7.06. The Labute approximate surface area is 93.1 Å². The maximum atomic E-state index is 7.56. The van der Waals surface area contributed by atoms with Crippen LogP contribution >= 0.6 is 24.4 Å². The lowest BCUT2D eigenvalue weighted by molar-refractivity contribution is -0.123. The maximum Gasteiger partial charge on any atom is 0.254 e. The molecule has 0 saturated heterocycles. The van der Waals surface area contributed by atoms with E-state index in [0.29, 0.717) is 0 Å². The summed E-state index contributed by atoms with van der Waals surface area (Å²) in [6, 6.07) is 0. The summed E-state index contributed by atoms with van der Waals surface area (Å²) in [5.41, 5.74) is 9.45. The normalized spacial score (nSPS) is 8.79. The fourth-order valence-electron chi connectivity index (χ4n) is 0.382. The topological polar surface area (TPSA) is 100.0 Å². The van der Waals surface area contributed by atoms with Gasteiger partial charge in [-0.05, 0) is 24.4 Å². The number of ether oxygens (including phenoxy) is 3. The van der Waals surface area contributed by atoms with Crippen molar-refractivity contribution in [1.82, 2.24) is 0 Å². The molecule has 0 aliphatic rings. The van der Waals surface area contributed by atoms with Crippen LogP contribution in [0, 0.1) is 0 Å². The molecule has 0 aliphatic carbocycles. The summed E-state index contributed by atoms with van der Waals surface area (Å²) in [7, 11) is 3.02. The molecule has 84 valence electrons. The van der Waals surface area contributed by atoms with Crippen LogP contribution in [0.15, 0.2) is 0 Å². The molecular formula is C6H14N2O4S2. The first-order valence-electron chi connectivity index (χ1n) is 3.40. The molecule has 14 heavy (non-hydrogen) atoms. The predicted octanol–water partition coefficient (Wildman–Crippen LogP) is -0.346. The Morgan fingerprint density at radius 1 is 1.29 bits per heavy atom. The largest absolute Gasteiger partial charge is 0.487 e. The average Bonchev–Trinajstić information content (AvgIpc) is 2.04. The van der Waals surface area contributed by atoms with Gasteiger partial charge < -0.3 is 30.8 Å². The van der Waals surface area contributed by atoms with Gasteiger partial charge in [-0.1, -0.05) is 0 Å². The van der Waals surface area contributed by atoms with Crippen molar-refractivity contribution in [2.75, 3.05) is 20.8 Å². The minimum absolute atomic E-state index is 0.000833. The van der Waals surface area contributed by atoms with Crippen LogP contribution in [0.3, 0.4) is 0 Å². The number of aliphatic hydroxyl groups is 1. The van der Waals surface area contributed by atoms with Crippen LogP contribution in [0.5, 0.6) is 0 Å². The lowest BCUT2D eigenvalue weighted by Crippen LogP contribution is -2.24. The van der Waals surface area contributed by atoms with E-state index >= 15 is 0 Å². The highest BCUT2D eigenvalue weighted by atomic mass is 32.1. The Morgan fingerprint density at radius 2 is 1.64 bits per heavy atom. The second-order valence-electron chi connectivity index (χ2n) is 1.87. The van der Waals surface area contributed by atoms with Crippen molar-refractivity contribution in [3.8, 4) is 0 Å². The Kier molecular flexibility index (Phi) is 11.7. The fraction of sp³-hybridized carbons (Fsp3) is 0.667. The van der Waals surface area contributed by atoms with Crippen LogP contribution in [0.1, 0.15) is 0 Å².